The van der Waals surface area contributed by atoms with E-state index in [9.17, 15) is 13.2 Å². The number of sulfone groups is 1. The first-order valence-corrected chi connectivity index (χ1v) is 10.4. The Morgan fingerprint density at radius 1 is 1.39 bits per heavy atom. The molecule has 0 aliphatic carbocycles. The number of anilines is 1. The van der Waals surface area contributed by atoms with E-state index >= 15 is 0 Å². The predicted octanol–water partition coefficient (Wildman–Crippen LogP) is 2.40. The monoisotopic (exact) mass is 352 g/mol. The summed E-state index contributed by atoms with van der Waals surface area (Å²) in [6.07, 6.45) is 1.17. The average molecular weight is 352 g/mol. The first-order valence-electron chi connectivity index (χ1n) is 7.74. The van der Waals surface area contributed by atoms with Crippen LogP contribution >= 0.6 is 11.8 Å². The molecule has 1 aromatic rings. The first-order chi connectivity index (χ1) is 10.9. The molecule has 0 radical (unpaired) electrons. The van der Waals surface area contributed by atoms with E-state index in [0.29, 0.717) is 11.6 Å². The van der Waals surface area contributed by atoms with E-state index in [0.717, 1.165) is 17.7 Å². The maximum Gasteiger partial charge on any atom is 0.248 e. The molecule has 2 heterocycles. The maximum atomic E-state index is 12.0. The second kappa shape index (κ2) is 6.28. The molecular weight excluding hydrogens is 332 g/mol. The Balaban J connectivity index is 1.99. The minimum atomic E-state index is -3.02. The van der Waals surface area contributed by atoms with Gasteiger partial charge in [-0.05, 0) is 31.0 Å². The van der Waals surface area contributed by atoms with Crippen LogP contribution in [-0.2, 0) is 14.6 Å². The van der Waals surface area contributed by atoms with Crippen molar-refractivity contribution in [3.05, 3.63) is 29.8 Å². The van der Waals surface area contributed by atoms with Crippen molar-refractivity contribution in [2.75, 3.05) is 16.4 Å². The molecule has 7 heteroatoms. The maximum absolute atomic E-state index is 12.0. The standard InChI is InChI=1S/C16H20N2O3S2/c1-3-5-15(19)17-16-18(12-7-4-6-11(2)8-12)13-9-23(20,21)10-14(13)22-16/h4,6-8,13-14H,3,5,9-10H2,1-2H3/t13-,14+/m0/s1. The molecule has 124 valence electrons. The fourth-order valence-electron chi connectivity index (χ4n) is 3.02. The van der Waals surface area contributed by atoms with Gasteiger partial charge in [0.25, 0.3) is 0 Å². The number of thioether (sulfide) groups is 1. The van der Waals surface area contributed by atoms with Crippen molar-refractivity contribution in [3.63, 3.8) is 0 Å². The number of rotatable bonds is 3. The van der Waals surface area contributed by atoms with Crippen LogP contribution in [0, 0.1) is 6.92 Å². The lowest BCUT2D eigenvalue weighted by molar-refractivity contribution is -0.117. The highest BCUT2D eigenvalue weighted by Crippen LogP contribution is 2.41. The van der Waals surface area contributed by atoms with E-state index in [1.165, 1.54) is 11.8 Å². The molecule has 2 fully saturated rings. The van der Waals surface area contributed by atoms with Crippen LogP contribution in [0.25, 0.3) is 0 Å². The number of nitrogens with zero attached hydrogens (tertiary/aromatic N) is 2. The van der Waals surface area contributed by atoms with Gasteiger partial charge in [-0.3, -0.25) is 4.79 Å². The SMILES string of the molecule is CCCC(=O)N=C1S[C@@H]2CS(=O)(=O)C[C@@H]2N1c1cccc(C)c1. The molecular formula is C16H20N2O3S2. The van der Waals surface area contributed by atoms with Crippen molar-refractivity contribution in [2.24, 2.45) is 4.99 Å². The van der Waals surface area contributed by atoms with Gasteiger partial charge in [-0.25, -0.2) is 8.42 Å². The van der Waals surface area contributed by atoms with E-state index in [1.807, 2.05) is 43.0 Å². The summed E-state index contributed by atoms with van der Waals surface area (Å²) in [6, 6.07) is 7.75. The fourth-order valence-corrected chi connectivity index (χ4v) is 6.95. The van der Waals surface area contributed by atoms with Gasteiger partial charge >= 0.3 is 0 Å². The van der Waals surface area contributed by atoms with Gasteiger partial charge < -0.3 is 4.90 Å². The molecule has 2 aliphatic heterocycles. The Labute approximate surface area is 141 Å². The van der Waals surface area contributed by atoms with Crippen LogP contribution in [0.1, 0.15) is 25.3 Å². The molecule has 5 nitrogen and oxygen atoms in total. The summed E-state index contributed by atoms with van der Waals surface area (Å²) >= 11 is 1.42. The average Bonchev–Trinajstić information content (AvgIpc) is 2.89. The van der Waals surface area contributed by atoms with E-state index in [4.69, 9.17) is 0 Å². The molecule has 0 spiro atoms. The molecule has 1 amide bonds. The zero-order valence-electron chi connectivity index (χ0n) is 13.2. The fraction of sp³-hybridized carbons (Fsp3) is 0.500. The molecule has 0 saturated carbocycles. The summed E-state index contributed by atoms with van der Waals surface area (Å²) in [7, 11) is -3.02. The van der Waals surface area contributed by atoms with Crippen molar-refractivity contribution in [1.82, 2.24) is 0 Å². The number of amides is 1. The summed E-state index contributed by atoms with van der Waals surface area (Å²) in [5, 5.41) is 0.590. The molecule has 0 aromatic heterocycles. The van der Waals surface area contributed by atoms with Gasteiger partial charge in [0.1, 0.15) is 0 Å². The zero-order valence-corrected chi connectivity index (χ0v) is 14.9. The number of fused-ring (bicyclic) bond motifs is 1. The lowest BCUT2D eigenvalue weighted by atomic mass is 10.1. The summed E-state index contributed by atoms with van der Waals surface area (Å²) in [4.78, 5) is 18.1. The van der Waals surface area contributed by atoms with E-state index in [1.54, 1.807) is 0 Å². The van der Waals surface area contributed by atoms with Gasteiger partial charge in [0, 0.05) is 17.4 Å². The number of hydrogen-bond acceptors (Lipinski definition) is 4. The van der Waals surface area contributed by atoms with Crippen molar-refractivity contribution in [2.45, 2.75) is 38.0 Å². The van der Waals surface area contributed by atoms with Crippen LogP contribution in [0.3, 0.4) is 0 Å². The summed E-state index contributed by atoms with van der Waals surface area (Å²) < 4.78 is 23.9. The summed E-state index contributed by atoms with van der Waals surface area (Å²) in [6.45, 7) is 3.94. The molecule has 3 rings (SSSR count). The van der Waals surface area contributed by atoms with Gasteiger partial charge in [0.15, 0.2) is 15.0 Å². The van der Waals surface area contributed by atoms with Crippen LogP contribution in [0.15, 0.2) is 29.3 Å². The topological polar surface area (TPSA) is 66.8 Å². The van der Waals surface area contributed by atoms with E-state index in [2.05, 4.69) is 4.99 Å². The van der Waals surface area contributed by atoms with Gasteiger partial charge in [0.2, 0.25) is 5.91 Å². The van der Waals surface area contributed by atoms with Crippen LogP contribution in [0.5, 0.6) is 0 Å². The molecule has 0 bridgehead atoms. The van der Waals surface area contributed by atoms with Gasteiger partial charge in [-0.2, -0.15) is 4.99 Å². The van der Waals surface area contributed by atoms with Crippen LogP contribution in [-0.4, -0.2) is 42.3 Å². The van der Waals surface area contributed by atoms with Crippen LogP contribution in [0.2, 0.25) is 0 Å². The normalized spacial score (nSPS) is 27.4. The molecule has 0 N–H and O–H groups in total. The Kier molecular flexibility index (Phi) is 4.51. The first kappa shape index (κ1) is 16.5. The highest BCUT2D eigenvalue weighted by Gasteiger charge is 2.49. The third-order valence-corrected chi connectivity index (χ3v) is 7.24. The van der Waals surface area contributed by atoms with Crippen LogP contribution < -0.4 is 4.90 Å². The zero-order chi connectivity index (χ0) is 16.6. The van der Waals surface area contributed by atoms with Crippen molar-refractivity contribution >= 4 is 38.4 Å². The third kappa shape index (κ3) is 3.45. The Morgan fingerprint density at radius 2 is 2.17 bits per heavy atom. The molecule has 2 atom stereocenters. The quantitative estimate of drug-likeness (QED) is 0.836. The van der Waals surface area contributed by atoms with E-state index < -0.39 is 9.84 Å². The number of aliphatic imine (C=N–C) groups is 1. The number of carbonyl (C=O) groups excluding carboxylic acids is 1. The lowest BCUT2D eigenvalue weighted by Gasteiger charge is -2.24. The lowest BCUT2D eigenvalue weighted by Crippen LogP contribution is -2.37. The summed E-state index contributed by atoms with van der Waals surface area (Å²) in [5.74, 6) is 0.140. The smallest absolute Gasteiger partial charge is 0.248 e. The van der Waals surface area contributed by atoms with Gasteiger partial charge in [-0.15, -0.1) is 0 Å². The van der Waals surface area contributed by atoms with E-state index in [-0.39, 0.29) is 28.7 Å². The highest BCUT2D eigenvalue weighted by molar-refractivity contribution is 8.16. The number of hydrogen-bond donors (Lipinski definition) is 0. The number of aryl methyl sites for hydroxylation is 1. The van der Waals surface area contributed by atoms with Gasteiger partial charge in [-0.1, -0.05) is 30.8 Å². The molecule has 23 heavy (non-hydrogen) atoms. The second-order valence-electron chi connectivity index (χ2n) is 6.05. The molecule has 0 unspecified atom stereocenters. The third-order valence-electron chi connectivity index (χ3n) is 4.03. The Hall–Kier alpha value is -1.34. The van der Waals surface area contributed by atoms with Crippen molar-refractivity contribution < 1.29 is 13.2 Å². The van der Waals surface area contributed by atoms with Gasteiger partial charge in [0.05, 0.1) is 17.5 Å². The van der Waals surface area contributed by atoms with Crippen molar-refractivity contribution in [1.29, 1.82) is 0 Å². The van der Waals surface area contributed by atoms with Crippen molar-refractivity contribution in [3.8, 4) is 0 Å². The summed E-state index contributed by atoms with van der Waals surface area (Å²) in [5.41, 5.74) is 2.00. The molecule has 2 aliphatic rings. The number of benzene rings is 1. The Morgan fingerprint density at radius 3 is 2.87 bits per heavy atom. The Bertz CT molecular complexity index is 758. The second-order valence-corrected chi connectivity index (χ2v) is 9.41. The minimum Gasteiger partial charge on any atom is -0.316 e. The molecule has 1 aromatic carbocycles. The largest absolute Gasteiger partial charge is 0.316 e. The number of amidine groups is 1. The molecule has 2 saturated heterocycles. The highest BCUT2D eigenvalue weighted by atomic mass is 32.2. The number of carbonyl (C=O) groups is 1. The minimum absolute atomic E-state index is 0.0475. The van der Waals surface area contributed by atoms with Crippen LogP contribution in [0.4, 0.5) is 5.69 Å². The predicted molar refractivity (Wildman–Crippen MR) is 94.8 cm³/mol.